The number of hydrogen-bond donors (Lipinski definition) is 0. The number of ether oxygens (including phenoxy) is 1. The fourth-order valence-electron chi connectivity index (χ4n) is 2.43. The molecule has 1 heterocycles. The molecule has 1 unspecified atom stereocenters. The van der Waals surface area contributed by atoms with E-state index >= 15 is 0 Å². The van der Waals surface area contributed by atoms with Crippen LogP contribution in [0.2, 0.25) is 0 Å². The van der Waals surface area contributed by atoms with Crippen molar-refractivity contribution in [2.75, 3.05) is 0 Å². The molecule has 1 aromatic heterocycles. The first-order chi connectivity index (χ1) is 12.1. The zero-order valence-electron chi connectivity index (χ0n) is 13.7. The minimum atomic E-state index is -0.449. The number of esters is 1. The van der Waals surface area contributed by atoms with Crippen LogP contribution in [0.15, 0.2) is 54.6 Å². The Morgan fingerprint density at radius 2 is 1.88 bits per heavy atom. The molecule has 2 aromatic carbocycles. The van der Waals surface area contributed by atoms with Crippen molar-refractivity contribution < 1.29 is 13.9 Å². The quantitative estimate of drug-likeness (QED) is 0.609. The smallest absolute Gasteiger partial charge is 0.352 e. The van der Waals surface area contributed by atoms with Crippen molar-refractivity contribution in [1.82, 2.24) is 9.59 Å². The third-order valence-electron chi connectivity index (χ3n) is 3.78. The molecule has 3 aromatic rings. The number of halogens is 1. The second-order valence-electron chi connectivity index (χ2n) is 5.70. The molecule has 6 heteroatoms. The SMILES string of the molecule is CC(CCc1ccccc1)OC(=O)c1snnc1-c1ccc(F)cc1. The molecule has 0 aliphatic heterocycles. The average Bonchev–Trinajstić information content (AvgIpc) is 3.11. The van der Waals surface area contributed by atoms with E-state index in [0.29, 0.717) is 16.1 Å². The lowest BCUT2D eigenvalue weighted by molar-refractivity contribution is 0.0332. The molecule has 0 fully saturated rings. The topological polar surface area (TPSA) is 52.1 Å². The van der Waals surface area contributed by atoms with Crippen LogP contribution in [0.5, 0.6) is 0 Å². The van der Waals surface area contributed by atoms with Gasteiger partial charge in [0.25, 0.3) is 0 Å². The molecule has 0 bridgehead atoms. The van der Waals surface area contributed by atoms with Crippen LogP contribution >= 0.6 is 11.5 Å². The molecule has 0 amide bonds. The van der Waals surface area contributed by atoms with Crippen molar-refractivity contribution in [2.45, 2.75) is 25.9 Å². The van der Waals surface area contributed by atoms with Gasteiger partial charge in [0.05, 0.1) is 6.10 Å². The van der Waals surface area contributed by atoms with E-state index < -0.39 is 5.97 Å². The van der Waals surface area contributed by atoms with Crippen molar-refractivity contribution in [1.29, 1.82) is 0 Å². The number of aromatic nitrogens is 2. The standard InChI is InChI=1S/C19H17FN2O2S/c1-13(7-8-14-5-3-2-4-6-14)24-19(23)18-17(21-22-25-18)15-9-11-16(20)12-10-15/h2-6,9-13H,7-8H2,1H3. The second kappa shape index (κ2) is 7.98. The Kier molecular flexibility index (Phi) is 5.50. The number of carbonyl (C=O) groups is 1. The molecule has 1 atom stereocenters. The van der Waals surface area contributed by atoms with Gasteiger partial charge in [0.15, 0.2) is 4.88 Å². The van der Waals surface area contributed by atoms with Crippen LogP contribution in [0.3, 0.4) is 0 Å². The summed E-state index contributed by atoms with van der Waals surface area (Å²) in [6.07, 6.45) is 1.34. The van der Waals surface area contributed by atoms with Gasteiger partial charge in [-0.25, -0.2) is 9.18 Å². The molecule has 0 aliphatic rings. The third-order valence-corrected chi connectivity index (χ3v) is 4.49. The highest BCUT2D eigenvalue weighted by molar-refractivity contribution is 7.08. The summed E-state index contributed by atoms with van der Waals surface area (Å²) in [7, 11) is 0. The maximum Gasteiger partial charge on any atom is 0.352 e. The molecular weight excluding hydrogens is 339 g/mol. The summed E-state index contributed by atoms with van der Waals surface area (Å²) in [6.45, 7) is 1.87. The van der Waals surface area contributed by atoms with Crippen molar-refractivity contribution in [3.8, 4) is 11.3 Å². The van der Waals surface area contributed by atoms with Crippen LogP contribution in [0.4, 0.5) is 4.39 Å². The normalized spacial score (nSPS) is 11.9. The van der Waals surface area contributed by atoms with Gasteiger partial charge in [-0.2, -0.15) is 0 Å². The fraction of sp³-hybridized carbons (Fsp3) is 0.211. The van der Waals surface area contributed by atoms with Crippen LogP contribution < -0.4 is 0 Å². The summed E-state index contributed by atoms with van der Waals surface area (Å²) in [5.41, 5.74) is 2.26. The number of benzene rings is 2. The summed E-state index contributed by atoms with van der Waals surface area (Å²) >= 11 is 0.984. The van der Waals surface area contributed by atoms with Crippen LogP contribution in [-0.2, 0) is 11.2 Å². The predicted molar refractivity (Wildman–Crippen MR) is 94.9 cm³/mol. The van der Waals surface area contributed by atoms with Gasteiger partial charge in [-0.1, -0.05) is 34.8 Å². The van der Waals surface area contributed by atoms with E-state index in [2.05, 4.69) is 9.59 Å². The number of aryl methyl sites for hydroxylation is 1. The summed E-state index contributed by atoms with van der Waals surface area (Å²) in [5, 5.41) is 3.98. The lowest BCUT2D eigenvalue weighted by Gasteiger charge is -2.12. The first-order valence-electron chi connectivity index (χ1n) is 7.96. The van der Waals surface area contributed by atoms with E-state index in [9.17, 15) is 9.18 Å². The largest absolute Gasteiger partial charge is 0.458 e. The van der Waals surface area contributed by atoms with Crippen molar-refractivity contribution in [3.63, 3.8) is 0 Å². The second-order valence-corrected chi connectivity index (χ2v) is 6.45. The zero-order valence-corrected chi connectivity index (χ0v) is 14.5. The van der Waals surface area contributed by atoms with Crippen LogP contribution in [-0.4, -0.2) is 21.7 Å². The Bertz CT molecular complexity index is 834. The van der Waals surface area contributed by atoms with Crippen molar-refractivity contribution >= 4 is 17.5 Å². The van der Waals surface area contributed by atoms with Crippen molar-refractivity contribution in [3.05, 3.63) is 70.9 Å². The molecule has 128 valence electrons. The Hall–Kier alpha value is -2.60. The van der Waals surface area contributed by atoms with E-state index in [1.807, 2.05) is 37.3 Å². The third kappa shape index (κ3) is 4.48. The predicted octanol–water partition coefficient (Wildman–Crippen LogP) is 4.52. The van der Waals surface area contributed by atoms with Gasteiger partial charge in [0.1, 0.15) is 11.5 Å². The first-order valence-corrected chi connectivity index (χ1v) is 8.74. The number of nitrogens with zero attached hydrogens (tertiary/aromatic N) is 2. The highest BCUT2D eigenvalue weighted by atomic mass is 32.1. The molecule has 0 spiro atoms. The van der Waals surface area contributed by atoms with Gasteiger partial charge in [0.2, 0.25) is 0 Å². The van der Waals surface area contributed by atoms with Gasteiger partial charge in [-0.05, 0) is 61.1 Å². The molecule has 4 nitrogen and oxygen atoms in total. The van der Waals surface area contributed by atoms with E-state index in [0.717, 1.165) is 24.4 Å². The molecule has 3 rings (SSSR count). The highest BCUT2D eigenvalue weighted by Crippen LogP contribution is 2.25. The van der Waals surface area contributed by atoms with Gasteiger partial charge < -0.3 is 4.74 Å². The summed E-state index contributed by atoms with van der Waals surface area (Å²) in [5.74, 6) is -0.791. The molecule has 0 saturated heterocycles. The summed E-state index contributed by atoms with van der Waals surface area (Å²) in [6, 6.07) is 15.8. The molecule has 0 saturated carbocycles. The van der Waals surface area contributed by atoms with Gasteiger partial charge in [0, 0.05) is 5.56 Å². The minimum Gasteiger partial charge on any atom is -0.458 e. The Labute approximate surface area is 149 Å². The van der Waals surface area contributed by atoms with Gasteiger partial charge >= 0.3 is 5.97 Å². The van der Waals surface area contributed by atoms with Gasteiger partial charge in [-0.3, -0.25) is 0 Å². The molecule has 0 radical (unpaired) electrons. The van der Waals surface area contributed by atoms with E-state index in [-0.39, 0.29) is 11.9 Å². The monoisotopic (exact) mass is 356 g/mol. The molecule has 0 N–H and O–H groups in total. The maximum atomic E-state index is 13.1. The van der Waals surface area contributed by atoms with E-state index in [1.165, 1.54) is 17.7 Å². The number of rotatable bonds is 6. The van der Waals surface area contributed by atoms with E-state index in [1.54, 1.807) is 12.1 Å². The number of carbonyl (C=O) groups excluding carboxylic acids is 1. The Morgan fingerprint density at radius 3 is 2.60 bits per heavy atom. The minimum absolute atomic E-state index is 0.226. The Morgan fingerprint density at radius 1 is 1.16 bits per heavy atom. The number of hydrogen-bond acceptors (Lipinski definition) is 5. The lowest BCUT2D eigenvalue weighted by atomic mass is 10.1. The van der Waals surface area contributed by atoms with Crippen LogP contribution in [0.25, 0.3) is 11.3 Å². The summed E-state index contributed by atoms with van der Waals surface area (Å²) < 4.78 is 22.4. The highest BCUT2D eigenvalue weighted by Gasteiger charge is 2.21. The molecular formula is C19H17FN2O2S. The van der Waals surface area contributed by atoms with Crippen molar-refractivity contribution in [2.24, 2.45) is 0 Å². The first kappa shape index (κ1) is 17.2. The average molecular weight is 356 g/mol. The summed E-state index contributed by atoms with van der Waals surface area (Å²) in [4.78, 5) is 12.8. The van der Waals surface area contributed by atoms with Gasteiger partial charge in [-0.15, -0.1) is 5.10 Å². The maximum absolute atomic E-state index is 13.1. The Balaban J connectivity index is 1.63. The fourth-order valence-corrected chi connectivity index (χ4v) is 3.00. The molecule has 25 heavy (non-hydrogen) atoms. The van der Waals surface area contributed by atoms with E-state index in [4.69, 9.17) is 4.74 Å². The van der Waals surface area contributed by atoms with Crippen LogP contribution in [0.1, 0.15) is 28.6 Å². The molecule has 0 aliphatic carbocycles. The zero-order chi connectivity index (χ0) is 17.6. The lowest BCUT2D eigenvalue weighted by Crippen LogP contribution is -2.15. The van der Waals surface area contributed by atoms with Crippen LogP contribution in [0, 0.1) is 5.82 Å².